The summed E-state index contributed by atoms with van der Waals surface area (Å²) in [6.45, 7) is 6.77. The van der Waals surface area contributed by atoms with Gasteiger partial charge in [0.2, 0.25) is 0 Å². The van der Waals surface area contributed by atoms with Crippen LogP contribution in [0.1, 0.15) is 24.6 Å². The third kappa shape index (κ3) is 2.38. The Labute approximate surface area is 101 Å². The summed E-state index contributed by atoms with van der Waals surface area (Å²) >= 11 is 0. The lowest BCUT2D eigenvalue weighted by Gasteiger charge is -2.11. The molecule has 1 aromatic carbocycles. The predicted molar refractivity (Wildman–Crippen MR) is 70.0 cm³/mol. The van der Waals surface area contributed by atoms with Gasteiger partial charge in [-0.15, -0.1) is 0 Å². The molecule has 0 bridgehead atoms. The van der Waals surface area contributed by atoms with E-state index in [9.17, 15) is 4.39 Å². The molecule has 0 aliphatic rings. The van der Waals surface area contributed by atoms with Gasteiger partial charge in [0.15, 0.2) is 0 Å². The summed E-state index contributed by atoms with van der Waals surface area (Å²) in [5.41, 5.74) is 3.17. The summed E-state index contributed by atoms with van der Waals surface area (Å²) in [7, 11) is 0. The van der Waals surface area contributed by atoms with Crippen LogP contribution in [-0.4, -0.2) is 11.5 Å². The normalized spacial score (nSPS) is 10.8. The number of anilines is 1. The van der Waals surface area contributed by atoms with E-state index in [0.29, 0.717) is 5.52 Å². The molecule has 1 N–H and O–H groups in total. The Bertz CT molecular complexity index is 549. The minimum absolute atomic E-state index is 0.247. The average Bonchev–Trinajstić information content (AvgIpc) is 2.27. The smallest absolute Gasteiger partial charge is 0.149 e. The number of hydrogen-bond donors (Lipinski definition) is 1. The number of hydrogen-bond acceptors (Lipinski definition) is 2. The van der Waals surface area contributed by atoms with Gasteiger partial charge in [-0.25, -0.2) is 9.37 Å². The first-order valence-corrected chi connectivity index (χ1v) is 5.93. The van der Waals surface area contributed by atoms with Crippen LogP contribution < -0.4 is 5.32 Å². The highest BCUT2D eigenvalue weighted by molar-refractivity contribution is 5.92. The van der Waals surface area contributed by atoms with E-state index in [1.807, 2.05) is 26.0 Å². The zero-order valence-corrected chi connectivity index (χ0v) is 10.5. The predicted octanol–water partition coefficient (Wildman–Crippen LogP) is 3.81. The third-order valence-corrected chi connectivity index (χ3v) is 2.70. The van der Waals surface area contributed by atoms with Gasteiger partial charge in [-0.3, -0.25) is 0 Å². The Morgan fingerprint density at radius 3 is 2.71 bits per heavy atom. The highest BCUT2D eigenvalue weighted by atomic mass is 19.1. The maximum Gasteiger partial charge on any atom is 0.149 e. The maximum absolute atomic E-state index is 13.8. The van der Waals surface area contributed by atoms with Gasteiger partial charge in [-0.05, 0) is 44.0 Å². The lowest BCUT2D eigenvalue weighted by molar-refractivity contribution is 0.635. The van der Waals surface area contributed by atoms with Crippen molar-refractivity contribution in [2.75, 3.05) is 11.9 Å². The van der Waals surface area contributed by atoms with Gasteiger partial charge in [0.05, 0.1) is 0 Å². The lowest BCUT2D eigenvalue weighted by Crippen LogP contribution is -2.02. The van der Waals surface area contributed by atoms with Crippen LogP contribution in [0.3, 0.4) is 0 Å². The summed E-state index contributed by atoms with van der Waals surface area (Å²) in [4.78, 5) is 4.27. The fourth-order valence-electron chi connectivity index (χ4n) is 1.95. The number of fused-ring (bicyclic) bond motifs is 1. The van der Waals surface area contributed by atoms with Crippen molar-refractivity contribution >= 4 is 16.6 Å². The number of nitrogens with zero attached hydrogens (tertiary/aromatic N) is 1. The van der Waals surface area contributed by atoms with E-state index in [0.717, 1.165) is 35.3 Å². The fourth-order valence-corrected chi connectivity index (χ4v) is 1.95. The topological polar surface area (TPSA) is 24.9 Å². The van der Waals surface area contributed by atoms with E-state index >= 15 is 0 Å². The minimum Gasteiger partial charge on any atom is -0.384 e. The lowest BCUT2D eigenvalue weighted by atomic mass is 10.1. The Kier molecular flexibility index (Phi) is 3.27. The van der Waals surface area contributed by atoms with Crippen molar-refractivity contribution in [3.05, 3.63) is 35.3 Å². The fraction of sp³-hybridized carbons (Fsp3) is 0.357. The first kappa shape index (κ1) is 11.8. The van der Waals surface area contributed by atoms with Crippen molar-refractivity contribution in [1.82, 2.24) is 4.98 Å². The Hall–Kier alpha value is -1.64. The molecule has 2 nitrogen and oxygen atoms in total. The van der Waals surface area contributed by atoms with Crippen LogP contribution in [0.4, 0.5) is 10.1 Å². The molecule has 2 aromatic rings. The molecular weight excluding hydrogens is 215 g/mol. The van der Waals surface area contributed by atoms with E-state index < -0.39 is 0 Å². The molecule has 2 rings (SSSR count). The quantitative estimate of drug-likeness (QED) is 0.870. The Morgan fingerprint density at radius 1 is 1.24 bits per heavy atom. The van der Waals surface area contributed by atoms with E-state index in [1.165, 1.54) is 6.07 Å². The van der Waals surface area contributed by atoms with Crippen LogP contribution in [0.15, 0.2) is 18.2 Å². The highest BCUT2D eigenvalue weighted by Crippen LogP contribution is 2.26. The summed E-state index contributed by atoms with van der Waals surface area (Å²) in [5, 5.41) is 4.19. The molecule has 0 saturated carbocycles. The molecule has 0 atom stereocenters. The highest BCUT2D eigenvalue weighted by Gasteiger charge is 2.08. The molecule has 1 aromatic heterocycles. The second-order valence-electron chi connectivity index (χ2n) is 4.38. The van der Waals surface area contributed by atoms with Crippen molar-refractivity contribution in [2.24, 2.45) is 0 Å². The van der Waals surface area contributed by atoms with Crippen LogP contribution in [-0.2, 0) is 0 Å². The SMILES string of the molecule is CCCNc1cc(C)nc2c(F)cc(C)cc12. The van der Waals surface area contributed by atoms with E-state index in [4.69, 9.17) is 0 Å². The van der Waals surface area contributed by atoms with Crippen molar-refractivity contribution in [2.45, 2.75) is 27.2 Å². The number of aryl methyl sites for hydroxylation is 2. The number of benzene rings is 1. The molecule has 0 amide bonds. The molecule has 0 radical (unpaired) electrons. The molecule has 0 fully saturated rings. The summed E-state index contributed by atoms with van der Waals surface area (Å²) < 4.78 is 13.8. The third-order valence-electron chi connectivity index (χ3n) is 2.70. The van der Waals surface area contributed by atoms with E-state index in [1.54, 1.807) is 0 Å². The van der Waals surface area contributed by atoms with Gasteiger partial charge in [-0.2, -0.15) is 0 Å². The molecule has 0 aliphatic carbocycles. The molecule has 1 heterocycles. The second kappa shape index (κ2) is 4.70. The van der Waals surface area contributed by atoms with Gasteiger partial charge in [0, 0.05) is 23.3 Å². The summed E-state index contributed by atoms with van der Waals surface area (Å²) in [6.07, 6.45) is 1.04. The molecule has 17 heavy (non-hydrogen) atoms. The van der Waals surface area contributed by atoms with Crippen LogP contribution >= 0.6 is 0 Å². The summed E-state index contributed by atoms with van der Waals surface area (Å²) in [5.74, 6) is -0.247. The minimum atomic E-state index is -0.247. The van der Waals surface area contributed by atoms with Crippen LogP contribution in [0, 0.1) is 19.7 Å². The van der Waals surface area contributed by atoms with E-state index in [-0.39, 0.29) is 5.82 Å². The van der Waals surface area contributed by atoms with Crippen molar-refractivity contribution < 1.29 is 4.39 Å². The molecule has 3 heteroatoms. The molecular formula is C14H17FN2. The zero-order valence-electron chi connectivity index (χ0n) is 10.5. The van der Waals surface area contributed by atoms with Gasteiger partial charge in [-0.1, -0.05) is 6.92 Å². The average molecular weight is 232 g/mol. The molecule has 0 unspecified atom stereocenters. The monoisotopic (exact) mass is 232 g/mol. The van der Waals surface area contributed by atoms with Crippen LogP contribution in [0.2, 0.25) is 0 Å². The van der Waals surface area contributed by atoms with Crippen LogP contribution in [0.25, 0.3) is 10.9 Å². The number of halogens is 1. The number of pyridine rings is 1. The van der Waals surface area contributed by atoms with Crippen LogP contribution in [0.5, 0.6) is 0 Å². The second-order valence-corrected chi connectivity index (χ2v) is 4.38. The number of aromatic nitrogens is 1. The molecule has 0 aliphatic heterocycles. The molecule has 0 spiro atoms. The zero-order chi connectivity index (χ0) is 12.4. The number of nitrogens with one attached hydrogen (secondary N) is 1. The van der Waals surface area contributed by atoms with Gasteiger partial charge in [0.1, 0.15) is 11.3 Å². The molecule has 90 valence electrons. The van der Waals surface area contributed by atoms with Gasteiger partial charge >= 0.3 is 0 Å². The first-order chi connectivity index (χ1) is 8.11. The van der Waals surface area contributed by atoms with Crippen molar-refractivity contribution in [1.29, 1.82) is 0 Å². The Morgan fingerprint density at radius 2 is 2.00 bits per heavy atom. The Balaban J connectivity index is 2.64. The van der Waals surface area contributed by atoms with Gasteiger partial charge < -0.3 is 5.32 Å². The van der Waals surface area contributed by atoms with E-state index in [2.05, 4.69) is 17.2 Å². The number of rotatable bonds is 3. The molecule has 0 saturated heterocycles. The largest absolute Gasteiger partial charge is 0.384 e. The van der Waals surface area contributed by atoms with Crippen molar-refractivity contribution in [3.8, 4) is 0 Å². The first-order valence-electron chi connectivity index (χ1n) is 5.93. The summed E-state index contributed by atoms with van der Waals surface area (Å²) in [6, 6.07) is 5.47. The van der Waals surface area contributed by atoms with Gasteiger partial charge in [0.25, 0.3) is 0 Å². The van der Waals surface area contributed by atoms with Crippen molar-refractivity contribution in [3.63, 3.8) is 0 Å². The maximum atomic E-state index is 13.8. The standard InChI is InChI=1S/C14H17FN2/c1-4-5-16-13-8-10(3)17-14-11(13)6-9(2)7-12(14)15/h6-8H,4-5H2,1-3H3,(H,16,17).